The maximum atomic E-state index is 5.34. The molecule has 1 aromatic rings. The Labute approximate surface area is 91.0 Å². The van der Waals surface area contributed by atoms with E-state index in [4.69, 9.17) is 14.2 Å². The Bertz CT molecular complexity index is 288. The molecule has 0 saturated heterocycles. The molecule has 15 heavy (non-hydrogen) atoms. The molecule has 0 amide bonds. The van der Waals surface area contributed by atoms with E-state index in [1.165, 1.54) is 0 Å². The molecule has 3 nitrogen and oxygen atoms in total. The lowest BCUT2D eigenvalue weighted by Crippen LogP contribution is -2.26. The molecule has 3 heteroatoms. The van der Waals surface area contributed by atoms with E-state index in [1.54, 1.807) is 14.2 Å². The van der Waals surface area contributed by atoms with Gasteiger partial charge in [-0.15, -0.1) is 0 Å². The van der Waals surface area contributed by atoms with Crippen molar-refractivity contribution in [1.82, 2.24) is 0 Å². The van der Waals surface area contributed by atoms with Crippen molar-refractivity contribution in [2.75, 3.05) is 20.8 Å². The van der Waals surface area contributed by atoms with E-state index in [-0.39, 0.29) is 0 Å². The van der Waals surface area contributed by atoms with E-state index in [1.807, 2.05) is 31.2 Å². The molecular weight excluding hydrogens is 192 g/mol. The van der Waals surface area contributed by atoms with Crippen molar-refractivity contribution in [2.45, 2.75) is 12.7 Å². The van der Waals surface area contributed by atoms with Crippen molar-refractivity contribution in [1.29, 1.82) is 0 Å². The smallest absolute Gasteiger partial charge is 0.194 e. The van der Waals surface area contributed by atoms with Gasteiger partial charge in [0.25, 0.3) is 0 Å². The molecule has 1 aromatic carbocycles. The second-order valence-corrected chi connectivity index (χ2v) is 3.12. The standard InChI is InChI=1S/C12H17O3/c1-5-15-11-8-6-10(7-9-11)12(2,13-3)14-4/h6-9H,2,5H2,1,3-4H3. The zero-order chi connectivity index (χ0) is 11.3. The first-order valence-corrected chi connectivity index (χ1v) is 4.85. The van der Waals surface area contributed by atoms with Crippen LogP contribution in [0.2, 0.25) is 0 Å². The molecule has 0 bridgehead atoms. The second-order valence-electron chi connectivity index (χ2n) is 3.12. The molecule has 0 spiro atoms. The quantitative estimate of drug-likeness (QED) is 0.697. The lowest BCUT2D eigenvalue weighted by atomic mass is 10.1. The van der Waals surface area contributed by atoms with Gasteiger partial charge in [0.1, 0.15) is 5.75 Å². The maximum absolute atomic E-state index is 5.34. The molecular formula is C12H17O3. The maximum Gasteiger partial charge on any atom is 0.194 e. The van der Waals surface area contributed by atoms with Crippen LogP contribution in [-0.2, 0) is 15.3 Å². The van der Waals surface area contributed by atoms with Crippen LogP contribution in [0.3, 0.4) is 0 Å². The predicted molar refractivity (Wildman–Crippen MR) is 58.7 cm³/mol. The Kier molecular flexibility index (Phi) is 4.12. The first kappa shape index (κ1) is 12.0. The van der Waals surface area contributed by atoms with E-state index in [2.05, 4.69) is 6.92 Å². The Morgan fingerprint density at radius 3 is 2.07 bits per heavy atom. The zero-order valence-corrected chi connectivity index (χ0v) is 9.45. The topological polar surface area (TPSA) is 27.7 Å². The average molecular weight is 209 g/mol. The largest absolute Gasteiger partial charge is 0.494 e. The normalized spacial score (nSPS) is 11.5. The number of hydrogen-bond acceptors (Lipinski definition) is 3. The van der Waals surface area contributed by atoms with E-state index in [0.717, 1.165) is 11.3 Å². The summed E-state index contributed by atoms with van der Waals surface area (Å²) in [6.45, 7) is 6.47. The van der Waals surface area contributed by atoms with Gasteiger partial charge in [-0.3, -0.25) is 0 Å². The van der Waals surface area contributed by atoms with Gasteiger partial charge in [-0.05, 0) is 31.2 Å². The van der Waals surface area contributed by atoms with Gasteiger partial charge in [0.15, 0.2) is 5.79 Å². The van der Waals surface area contributed by atoms with Crippen LogP contribution < -0.4 is 4.74 Å². The molecule has 0 aliphatic heterocycles. The lowest BCUT2D eigenvalue weighted by Gasteiger charge is -2.26. The van der Waals surface area contributed by atoms with Gasteiger partial charge in [-0.2, -0.15) is 0 Å². The molecule has 0 heterocycles. The van der Waals surface area contributed by atoms with E-state index >= 15 is 0 Å². The fourth-order valence-electron chi connectivity index (χ4n) is 1.29. The van der Waals surface area contributed by atoms with Gasteiger partial charge in [0, 0.05) is 26.7 Å². The van der Waals surface area contributed by atoms with Crippen LogP contribution in [0.4, 0.5) is 0 Å². The summed E-state index contributed by atoms with van der Waals surface area (Å²) in [5.41, 5.74) is 0.857. The Hall–Kier alpha value is -1.06. The monoisotopic (exact) mass is 209 g/mol. The van der Waals surface area contributed by atoms with Gasteiger partial charge in [0.05, 0.1) is 6.61 Å². The van der Waals surface area contributed by atoms with E-state index in [0.29, 0.717) is 6.61 Å². The highest BCUT2D eigenvalue weighted by Crippen LogP contribution is 2.26. The molecule has 0 atom stereocenters. The van der Waals surface area contributed by atoms with Crippen LogP contribution in [-0.4, -0.2) is 20.8 Å². The first-order valence-electron chi connectivity index (χ1n) is 4.85. The van der Waals surface area contributed by atoms with Crippen molar-refractivity contribution >= 4 is 0 Å². The second kappa shape index (κ2) is 5.14. The molecule has 0 aliphatic rings. The average Bonchev–Trinajstić information content (AvgIpc) is 2.29. The van der Waals surface area contributed by atoms with Crippen molar-refractivity contribution < 1.29 is 14.2 Å². The van der Waals surface area contributed by atoms with Crippen molar-refractivity contribution in [3.05, 3.63) is 36.8 Å². The van der Waals surface area contributed by atoms with Crippen LogP contribution in [0.5, 0.6) is 5.75 Å². The number of methoxy groups -OCH3 is 2. The molecule has 0 unspecified atom stereocenters. The highest BCUT2D eigenvalue weighted by molar-refractivity contribution is 5.30. The van der Waals surface area contributed by atoms with E-state index < -0.39 is 5.79 Å². The number of rotatable bonds is 5. The van der Waals surface area contributed by atoms with E-state index in [9.17, 15) is 0 Å². The fourth-order valence-corrected chi connectivity index (χ4v) is 1.29. The Morgan fingerprint density at radius 1 is 1.13 bits per heavy atom. The van der Waals surface area contributed by atoms with Crippen LogP contribution in [0.1, 0.15) is 12.5 Å². The molecule has 0 aromatic heterocycles. The Balaban J connectivity index is 2.87. The van der Waals surface area contributed by atoms with Crippen molar-refractivity contribution in [2.24, 2.45) is 0 Å². The van der Waals surface area contributed by atoms with Gasteiger partial charge in [-0.25, -0.2) is 0 Å². The minimum Gasteiger partial charge on any atom is -0.494 e. The molecule has 1 rings (SSSR count). The lowest BCUT2D eigenvalue weighted by molar-refractivity contribution is -0.180. The SMILES string of the molecule is [CH2]C(OC)(OC)c1ccc(OCC)cc1. The van der Waals surface area contributed by atoms with Gasteiger partial charge in [0.2, 0.25) is 0 Å². The van der Waals surface area contributed by atoms with Crippen LogP contribution in [0, 0.1) is 6.92 Å². The summed E-state index contributed by atoms with van der Waals surface area (Å²) >= 11 is 0. The highest BCUT2D eigenvalue weighted by atomic mass is 16.7. The van der Waals surface area contributed by atoms with Gasteiger partial charge >= 0.3 is 0 Å². The number of ether oxygens (including phenoxy) is 3. The first-order chi connectivity index (χ1) is 7.16. The number of benzene rings is 1. The van der Waals surface area contributed by atoms with Crippen molar-refractivity contribution in [3.8, 4) is 5.75 Å². The molecule has 0 saturated carbocycles. The summed E-state index contributed by atoms with van der Waals surface area (Å²) in [5, 5.41) is 0. The summed E-state index contributed by atoms with van der Waals surface area (Å²) < 4.78 is 15.7. The molecule has 0 N–H and O–H groups in total. The number of hydrogen-bond donors (Lipinski definition) is 0. The molecule has 0 fully saturated rings. The third-order valence-corrected chi connectivity index (χ3v) is 2.26. The highest BCUT2D eigenvalue weighted by Gasteiger charge is 2.25. The zero-order valence-electron chi connectivity index (χ0n) is 9.45. The molecule has 1 radical (unpaired) electrons. The minimum atomic E-state index is -0.940. The minimum absolute atomic E-state index is 0.656. The summed E-state index contributed by atoms with van der Waals surface area (Å²) in [6, 6.07) is 7.50. The predicted octanol–water partition coefficient (Wildman–Crippen LogP) is 2.36. The van der Waals surface area contributed by atoms with Crippen LogP contribution in [0.25, 0.3) is 0 Å². The summed E-state index contributed by atoms with van der Waals surface area (Å²) in [7, 11) is 3.12. The third kappa shape index (κ3) is 2.70. The van der Waals surface area contributed by atoms with Crippen molar-refractivity contribution in [3.63, 3.8) is 0 Å². The summed E-state index contributed by atoms with van der Waals surface area (Å²) in [4.78, 5) is 0. The fraction of sp³-hybridized carbons (Fsp3) is 0.417. The third-order valence-electron chi connectivity index (χ3n) is 2.26. The Morgan fingerprint density at radius 2 is 1.67 bits per heavy atom. The molecule has 83 valence electrons. The van der Waals surface area contributed by atoms with Crippen LogP contribution >= 0.6 is 0 Å². The van der Waals surface area contributed by atoms with Crippen LogP contribution in [0.15, 0.2) is 24.3 Å². The molecule has 0 aliphatic carbocycles. The summed E-state index contributed by atoms with van der Waals surface area (Å²) in [6.07, 6.45) is 0. The summed E-state index contributed by atoms with van der Waals surface area (Å²) in [5.74, 6) is -0.110. The van der Waals surface area contributed by atoms with Gasteiger partial charge < -0.3 is 14.2 Å². The van der Waals surface area contributed by atoms with Gasteiger partial charge in [-0.1, -0.05) is 0 Å².